The molecule has 19 heavy (non-hydrogen) atoms. The summed E-state index contributed by atoms with van der Waals surface area (Å²) >= 11 is 0. The number of amides is 1. The van der Waals surface area contributed by atoms with Gasteiger partial charge in [0.1, 0.15) is 5.82 Å². The number of hydrogen-bond donors (Lipinski definition) is 2. The Balaban J connectivity index is 1.99. The van der Waals surface area contributed by atoms with Crippen molar-refractivity contribution in [3.63, 3.8) is 0 Å². The van der Waals surface area contributed by atoms with E-state index in [0.29, 0.717) is 6.42 Å². The van der Waals surface area contributed by atoms with Gasteiger partial charge in [0.25, 0.3) is 0 Å². The van der Waals surface area contributed by atoms with Crippen molar-refractivity contribution in [3.05, 3.63) is 17.7 Å². The quantitative estimate of drug-likeness (QED) is 0.786. The zero-order chi connectivity index (χ0) is 13.6. The minimum Gasteiger partial charge on any atom is -0.345 e. The zero-order valence-electron chi connectivity index (χ0n) is 11.4. The standard InChI is InChI=1S/C13H19N5O/c1-13(7-11(19)17(2)12(14)16-13)9-8-15-10-5-3-4-6-18(9)10/h8H,3-7H2,1-2H3,(H2,14,16)/t13-/m0/s1. The van der Waals surface area contributed by atoms with E-state index in [1.165, 1.54) is 11.3 Å². The van der Waals surface area contributed by atoms with Crippen LogP contribution in [0.3, 0.4) is 0 Å². The molecule has 0 aliphatic carbocycles. The number of carbonyl (C=O) groups excluding carboxylic acids is 1. The number of hydrogen-bond acceptors (Lipinski definition) is 3. The van der Waals surface area contributed by atoms with Crippen LogP contribution in [0.25, 0.3) is 0 Å². The number of aromatic nitrogens is 2. The van der Waals surface area contributed by atoms with Gasteiger partial charge in [-0.15, -0.1) is 0 Å². The second-order valence-corrected chi connectivity index (χ2v) is 5.60. The molecule has 102 valence electrons. The molecule has 0 spiro atoms. The number of nitrogens with one attached hydrogen (secondary N) is 2. The molecular weight excluding hydrogens is 242 g/mol. The molecule has 0 saturated carbocycles. The average molecular weight is 261 g/mol. The van der Waals surface area contributed by atoms with Crippen molar-refractivity contribution in [2.24, 2.45) is 0 Å². The van der Waals surface area contributed by atoms with Crippen LogP contribution in [0.2, 0.25) is 0 Å². The van der Waals surface area contributed by atoms with Gasteiger partial charge in [-0.1, -0.05) is 0 Å². The molecule has 0 unspecified atom stereocenters. The maximum Gasteiger partial charge on any atom is 0.231 e. The van der Waals surface area contributed by atoms with Crippen LogP contribution in [0, 0.1) is 5.41 Å². The van der Waals surface area contributed by atoms with Crippen LogP contribution in [-0.2, 0) is 23.3 Å². The van der Waals surface area contributed by atoms with Crippen LogP contribution >= 0.6 is 0 Å². The van der Waals surface area contributed by atoms with Crippen molar-refractivity contribution in [1.82, 2.24) is 19.8 Å². The largest absolute Gasteiger partial charge is 0.345 e. The molecule has 1 aromatic heterocycles. The average Bonchev–Trinajstić information content (AvgIpc) is 2.80. The molecule has 1 fully saturated rings. The van der Waals surface area contributed by atoms with E-state index in [0.717, 1.165) is 30.9 Å². The third kappa shape index (κ3) is 1.82. The van der Waals surface area contributed by atoms with Crippen LogP contribution in [0.15, 0.2) is 6.20 Å². The van der Waals surface area contributed by atoms with Crippen molar-refractivity contribution in [2.75, 3.05) is 7.05 Å². The Kier molecular flexibility index (Phi) is 2.62. The Morgan fingerprint density at radius 3 is 3.00 bits per heavy atom. The topological polar surface area (TPSA) is 74.0 Å². The van der Waals surface area contributed by atoms with Crippen LogP contribution in [0.5, 0.6) is 0 Å². The van der Waals surface area contributed by atoms with E-state index in [9.17, 15) is 4.79 Å². The number of guanidine groups is 1. The number of imidazole rings is 1. The second-order valence-electron chi connectivity index (χ2n) is 5.60. The fourth-order valence-corrected chi connectivity index (χ4v) is 2.95. The Bertz CT molecular complexity index is 529. The lowest BCUT2D eigenvalue weighted by Crippen LogP contribution is -2.58. The molecule has 0 aromatic carbocycles. The van der Waals surface area contributed by atoms with Crippen LogP contribution < -0.4 is 5.32 Å². The summed E-state index contributed by atoms with van der Waals surface area (Å²) in [7, 11) is 1.63. The highest BCUT2D eigenvalue weighted by Crippen LogP contribution is 2.31. The van der Waals surface area contributed by atoms with E-state index in [1.54, 1.807) is 7.05 Å². The molecule has 0 radical (unpaired) electrons. The number of aryl methyl sites for hydroxylation is 1. The number of nitrogens with zero attached hydrogens (tertiary/aromatic N) is 3. The summed E-state index contributed by atoms with van der Waals surface area (Å²) in [6, 6.07) is 0. The molecule has 1 aromatic rings. The minimum atomic E-state index is -0.525. The lowest BCUT2D eigenvalue weighted by atomic mass is 9.91. The van der Waals surface area contributed by atoms with Crippen LogP contribution in [0.4, 0.5) is 0 Å². The van der Waals surface area contributed by atoms with Gasteiger partial charge in [-0.25, -0.2) is 4.98 Å². The Morgan fingerprint density at radius 2 is 2.26 bits per heavy atom. The third-order valence-electron chi connectivity index (χ3n) is 4.14. The summed E-state index contributed by atoms with van der Waals surface area (Å²) in [5, 5.41) is 11.0. The summed E-state index contributed by atoms with van der Waals surface area (Å²) in [6.07, 6.45) is 5.55. The summed E-state index contributed by atoms with van der Waals surface area (Å²) < 4.78 is 2.21. The molecule has 1 amide bonds. The predicted molar refractivity (Wildman–Crippen MR) is 70.8 cm³/mol. The van der Waals surface area contributed by atoms with Gasteiger partial charge in [0, 0.05) is 20.0 Å². The first-order valence-corrected chi connectivity index (χ1v) is 6.69. The smallest absolute Gasteiger partial charge is 0.231 e. The predicted octanol–water partition coefficient (Wildman–Crippen LogP) is 0.821. The van der Waals surface area contributed by atoms with Crippen molar-refractivity contribution in [3.8, 4) is 0 Å². The maximum atomic E-state index is 12.0. The van der Waals surface area contributed by atoms with Gasteiger partial charge in [-0.05, 0) is 19.8 Å². The van der Waals surface area contributed by atoms with Crippen molar-refractivity contribution >= 4 is 11.9 Å². The van der Waals surface area contributed by atoms with Crippen molar-refractivity contribution in [1.29, 1.82) is 5.41 Å². The van der Waals surface area contributed by atoms with Gasteiger partial charge >= 0.3 is 0 Å². The Morgan fingerprint density at radius 1 is 1.47 bits per heavy atom. The number of carbonyl (C=O) groups is 1. The summed E-state index contributed by atoms with van der Waals surface area (Å²) in [6.45, 7) is 2.94. The van der Waals surface area contributed by atoms with Gasteiger partial charge < -0.3 is 9.88 Å². The lowest BCUT2D eigenvalue weighted by Gasteiger charge is -2.39. The maximum absolute atomic E-state index is 12.0. The highest BCUT2D eigenvalue weighted by molar-refractivity contribution is 5.98. The molecule has 2 N–H and O–H groups in total. The van der Waals surface area contributed by atoms with E-state index in [4.69, 9.17) is 5.41 Å². The highest BCUT2D eigenvalue weighted by atomic mass is 16.2. The van der Waals surface area contributed by atoms with E-state index < -0.39 is 5.54 Å². The molecule has 1 saturated heterocycles. The van der Waals surface area contributed by atoms with Crippen molar-refractivity contribution in [2.45, 2.75) is 44.7 Å². The molecular formula is C13H19N5O. The molecule has 0 bridgehead atoms. The van der Waals surface area contributed by atoms with Gasteiger partial charge in [-0.2, -0.15) is 0 Å². The van der Waals surface area contributed by atoms with Gasteiger partial charge in [0.2, 0.25) is 5.91 Å². The van der Waals surface area contributed by atoms with Gasteiger partial charge in [0.05, 0.1) is 23.9 Å². The number of fused-ring (bicyclic) bond motifs is 1. The Labute approximate surface area is 112 Å². The first kappa shape index (κ1) is 12.2. The monoisotopic (exact) mass is 261 g/mol. The normalized spacial score (nSPS) is 27.2. The fraction of sp³-hybridized carbons (Fsp3) is 0.615. The molecule has 6 heteroatoms. The van der Waals surface area contributed by atoms with E-state index in [2.05, 4.69) is 14.9 Å². The lowest BCUT2D eigenvalue weighted by molar-refractivity contribution is -0.129. The highest BCUT2D eigenvalue weighted by Gasteiger charge is 2.40. The fourth-order valence-electron chi connectivity index (χ4n) is 2.95. The minimum absolute atomic E-state index is 0.0300. The van der Waals surface area contributed by atoms with E-state index in [1.807, 2.05) is 13.1 Å². The molecule has 3 heterocycles. The number of rotatable bonds is 1. The van der Waals surface area contributed by atoms with Gasteiger partial charge in [-0.3, -0.25) is 15.1 Å². The summed E-state index contributed by atoms with van der Waals surface area (Å²) in [5.74, 6) is 1.23. The first-order valence-electron chi connectivity index (χ1n) is 6.69. The van der Waals surface area contributed by atoms with E-state index in [-0.39, 0.29) is 11.9 Å². The van der Waals surface area contributed by atoms with Gasteiger partial charge in [0.15, 0.2) is 5.96 Å². The first-order chi connectivity index (χ1) is 9.01. The molecule has 6 nitrogen and oxygen atoms in total. The van der Waals surface area contributed by atoms with Crippen LogP contribution in [-0.4, -0.2) is 33.4 Å². The van der Waals surface area contributed by atoms with Crippen molar-refractivity contribution < 1.29 is 4.79 Å². The SMILES string of the molecule is CN1C(=N)N[C@](C)(c2cnc3n2CCCC3)CC1=O. The molecule has 2 aliphatic rings. The molecule has 2 aliphatic heterocycles. The second kappa shape index (κ2) is 4.08. The van der Waals surface area contributed by atoms with Crippen LogP contribution in [0.1, 0.15) is 37.7 Å². The Hall–Kier alpha value is -1.85. The van der Waals surface area contributed by atoms with E-state index >= 15 is 0 Å². The zero-order valence-corrected chi connectivity index (χ0v) is 11.4. The molecule has 3 rings (SSSR count). The molecule has 1 atom stereocenters. The summed E-state index contributed by atoms with van der Waals surface area (Å²) in [4.78, 5) is 17.8. The third-order valence-corrected chi connectivity index (χ3v) is 4.14. The summed E-state index contributed by atoms with van der Waals surface area (Å²) in [5.41, 5.74) is 0.497.